The summed E-state index contributed by atoms with van der Waals surface area (Å²) >= 11 is 5.96. The average Bonchev–Trinajstić information content (AvgIpc) is 2.60. The zero-order valence-corrected chi connectivity index (χ0v) is 14.8. The van der Waals surface area contributed by atoms with Crippen LogP contribution in [0.5, 0.6) is 5.75 Å². The van der Waals surface area contributed by atoms with E-state index in [4.69, 9.17) is 16.3 Å². The predicted octanol–water partition coefficient (Wildman–Crippen LogP) is 3.63. The third kappa shape index (κ3) is 4.58. The molecular weight excluding hydrogens is 328 g/mol. The third-order valence-corrected chi connectivity index (χ3v) is 3.73. The summed E-state index contributed by atoms with van der Waals surface area (Å²) in [5.41, 5.74) is 0.865. The number of anilines is 2. The average molecular weight is 349 g/mol. The summed E-state index contributed by atoms with van der Waals surface area (Å²) in [6.07, 6.45) is 5.19. The Morgan fingerprint density at radius 2 is 2.04 bits per heavy atom. The van der Waals surface area contributed by atoms with Crippen molar-refractivity contribution in [1.82, 2.24) is 9.97 Å². The summed E-state index contributed by atoms with van der Waals surface area (Å²) in [5, 5.41) is 3.27. The van der Waals surface area contributed by atoms with Crippen molar-refractivity contribution in [3.05, 3.63) is 41.2 Å². The lowest BCUT2D eigenvalue weighted by Gasteiger charge is -2.16. The second kappa shape index (κ2) is 8.49. The van der Waals surface area contributed by atoms with Gasteiger partial charge < -0.3 is 15.0 Å². The number of carbonyl (C=O) groups is 1. The number of carbonyl (C=O) groups excluding carboxylic acids is 1. The number of unbranched alkanes of at least 4 members (excludes halogenated alkanes) is 1. The molecule has 0 bridgehead atoms. The van der Waals surface area contributed by atoms with Crippen molar-refractivity contribution in [3.63, 3.8) is 0 Å². The first-order chi connectivity index (χ1) is 11.5. The largest absolute Gasteiger partial charge is 0.495 e. The minimum Gasteiger partial charge on any atom is -0.495 e. The Kier molecular flexibility index (Phi) is 6.37. The monoisotopic (exact) mass is 348 g/mol. The number of halogens is 1. The summed E-state index contributed by atoms with van der Waals surface area (Å²) in [6.45, 7) is 3.01. The standard InChI is InChI=1S/C17H21ClN4O2/c1-4-5-8-22(2)17-19-10-12(11-20-17)16(23)21-14-9-13(18)6-7-15(14)24-3/h6-7,9-11H,4-5,8H2,1-3H3,(H,21,23). The molecule has 2 rings (SSSR count). The van der Waals surface area contributed by atoms with Crippen LogP contribution in [0, 0.1) is 0 Å². The van der Waals surface area contributed by atoms with Gasteiger partial charge in [0.2, 0.25) is 5.95 Å². The van der Waals surface area contributed by atoms with Crippen LogP contribution in [0.2, 0.25) is 5.02 Å². The Balaban J connectivity index is 2.09. The molecule has 0 fully saturated rings. The Hall–Kier alpha value is -2.34. The fraction of sp³-hybridized carbons (Fsp3) is 0.353. The van der Waals surface area contributed by atoms with Crippen LogP contribution >= 0.6 is 11.6 Å². The summed E-state index contributed by atoms with van der Waals surface area (Å²) in [4.78, 5) is 22.8. The van der Waals surface area contributed by atoms with Gasteiger partial charge in [0.15, 0.2) is 0 Å². The second-order valence-corrected chi connectivity index (χ2v) is 5.78. The molecule has 1 aromatic heterocycles. The van der Waals surface area contributed by atoms with Gasteiger partial charge in [-0.1, -0.05) is 24.9 Å². The Morgan fingerprint density at radius 1 is 1.33 bits per heavy atom. The smallest absolute Gasteiger partial charge is 0.258 e. The number of benzene rings is 1. The number of amides is 1. The van der Waals surface area contributed by atoms with E-state index in [0.717, 1.165) is 19.4 Å². The van der Waals surface area contributed by atoms with Crippen LogP contribution in [0.25, 0.3) is 0 Å². The molecule has 0 saturated carbocycles. The number of hydrogen-bond acceptors (Lipinski definition) is 5. The van der Waals surface area contributed by atoms with Crippen LogP contribution in [0.3, 0.4) is 0 Å². The SMILES string of the molecule is CCCCN(C)c1ncc(C(=O)Nc2cc(Cl)ccc2OC)cn1. The normalized spacial score (nSPS) is 10.3. The van der Waals surface area contributed by atoms with Crippen molar-refractivity contribution in [2.45, 2.75) is 19.8 Å². The summed E-state index contributed by atoms with van der Waals surface area (Å²) in [6, 6.07) is 5.02. The lowest BCUT2D eigenvalue weighted by molar-refractivity contribution is 0.102. The first kappa shape index (κ1) is 18.0. The van der Waals surface area contributed by atoms with Crippen molar-refractivity contribution >= 4 is 29.1 Å². The zero-order valence-electron chi connectivity index (χ0n) is 14.0. The van der Waals surface area contributed by atoms with Crippen LogP contribution in [-0.2, 0) is 0 Å². The molecule has 0 unspecified atom stereocenters. The minimum absolute atomic E-state index is 0.321. The van der Waals surface area contributed by atoms with E-state index in [1.807, 2.05) is 11.9 Å². The molecule has 0 aliphatic carbocycles. The molecular formula is C17H21ClN4O2. The number of rotatable bonds is 7. The molecule has 6 nitrogen and oxygen atoms in total. The Labute approximate surface area is 146 Å². The van der Waals surface area contributed by atoms with Crippen LogP contribution in [0.15, 0.2) is 30.6 Å². The van der Waals surface area contributed by atoms with Crippen molar-refractivity contribution in [1.29, 1.82) is 0 Å². The van der Waals surface area contributed by atoms with Crippen LogP contribution < -0.4 is 15.0 Å². The zero-order chi connectivity index (χ0) is 17.5. The maximum atomic E-state index is 12.3. The Bertz CT molecular complexity index is 691. The lowest BCUT2D eigenvalue weighted by atomic mass is 10.2. The van der Waals surface area contributed by atoms with E-state index >= 15 is 0 Å². The highest BCUT2D eigenvalue weighted by Crippen LogP contribution is 2.28. The molecule has 1 aromatic carbocycles. The maximum absolute atomic E-state index is 12.3. The van der Waals surface area contributed by atoms with Gasteiger partial charge in [-0.2, -0.15) is 0 Å². The number of hydrogen-bond donors (Lipinski definition) is 1. The fourth-order valence-corrected chi connectivity index (χ4v) is 2.28. The van der Waals surface area contributed by atoms with Crippen molar-refractivity contribution in [2.75, 3.05) is 30.9 Å². The van der Waals surface area contributed by atoms with Crippen LogP contribution in [-0.4, -0.2) is 36.6 Å². The van der Waals surface area contributed by atoms with Gasteiger partial charge in [-0.05, 0) is 24.6 Å². The van der Waals surface area contributed by atoms with Gasteiger partial charge in [-0.3, -0.25) is 4.79 Å². The highest BCUT2D eigenvalue weighted by molar-refractivity contribution is 6.31. The van der Waals surface area contributed by atoms with Crippen LogP contribution in [0.4, 0.5) is 11.6 Å². The van der Waals surface area contributed by atoms with E-state index in [1.54, 1.807) is 18.2 Å². The van der Waals surface area contributed by atoms with Gasteiger partial charge >= 0.3 is 0 Å². The molecule has 0 aliphatic rings. The van der Waals surface area contributed by atoms with Gasteiger partial charge in [0.05, 0.1) is 18.4 Å². The molecule has 0 radical (unpaired) electrons. The third-order valence-electron chi connectivity index (χ3n) is 3.50. The molecule has 7 heteroatoms. The molecule has 0 spiro atoms. The number of ether oxygens (including phenoxy) is 1. The molecule has 0 saturated heterocycles. The van der Waals surface area contributed by atoms with Gasteiger partial charge in [0, 0.05) is 31.0 Å². The minimum atomic E-state index is -0.321. The van der Waals surface area contributed by atoms with E-state index in [1.165, 1.54) is 19.5 Å². The van der Waals surface area contributed by atoms with Crippen molar-refractivity contribution in [2.24, 2.45) is 0 Å². The van der Waals surface area contributed by atoms with Gasteiger partial charge in [-0.25, -0.2) is 9.97 Å². The van der Waals surface area contributed by atoms with Gasteiger partial charge in [0.25, 0.3) is 5.91 Å². The predicted molar refractivity (Wildman–Crippen MR) is 96.2 cm³/mol. The molecule has 1 heterocycles. The molecule has 2 aromatic rings. The topological polar surface area (TPSA) is 67.4 Å². The summed E-state index contributed by atoms with van der Waals surface area (Å²) in [7, 11) is 3.46. The van der Waals surface area contributed by atoms with E-state index < -0.39 is 0 Å². The first-order valence-electron chi connectivity index (χ1n) is 7.73. The van der Waals surface area contributed by atoms with Crippen LogP contribution in [0.1, 0.15) is 30.1 Å². The molecule has 1 N–H and O–H groups in total. The Morgan fingerprint density at radius 3 is 2.67 bits per heavy atom. The highest BCUT2D eigenvalue weighted by Gasteiger charge is 2.12. The lowest BCUT2D eigenvalue weighted by Crippen LogP contribution is -2.21. The van der Waals surface area contributed by atoms with Gasteiger partial charge in [0.1, 0.15) is 5.75 Å². The van der Waals surface area contributed by atoms with Crippen molar-refractivity contribution in [3.8, 4) is 5.75 Å². The number of nitrogens with one attached hydrogen (secondary N) is 1. The number of methoxy groups -OCH3 is 1. The molecule has 1 amide bonds. The molecule has 128 valence electrons. The first-order valence-corrected chi connectivity index (χ1v) is 8.11. The van der Waals surface area contributed by atoms with Gasteiger partial charge in [-0.15, -0.1) is 0 Å². The molecule has 24 heavy (non-hydrogen) atoms. The number of nitrogens with zero attached hydrogens (tertiary/aromatic N) is 3. The number of aromatic nitrogens is 2. The second-order valence-electron chi connectivity index (χ2n) is 5.35. The molecule has 0 aliphatic heterocycles. The quantitative estimate of drug-likeness (QED) is 0.827. The maximum Gasteiger partial charge on any atom is 0.258 e. The van der Waals surface area contributed by atoms with E-state index in [2.05, 4.69) is 22.2 Å². The highest BCUT2D eigenvalue weighted by atomic mass is 35.5. The van der Waals surface area contributed by atoms with E-state index in [-0.39, 0.29) is 5.91 Å². The van der Waals surface area contributed by atoms with E-state index in [0.29, 0.717) is 28.0 Å². The fourth-order valence-electron chi connectivity index (χ4n) is 2.10. The van der Waals surface area contributed by atoms with Crippen molar-refractivity contribution < 1.29 is 9.53 Å². The molecule has 0 atom stereocenters. The summed E-state index contributed by atoms with van der Waals surface area (Å²) in [5.74, 6) is 0.809. The van der Waals surface area contributed by atoms with E-state index in [9.17, 15) is 4.79 Å². The summed E-state index contributed by atoms with van der Waals surface area (Å²) < 4.78 is 5.21.